The van der Waals surface area contributed by atoms with Gasteiger partial charge in [0.1, 0.15) is 0 Å². The van der Waals surface area contributed by atoms with Gasteiger partial charge in [-0.2, -0.15) is 0 Å². The smallest absolute Gasteiger partial charge is 0.234 e. The van der Waals surface area contributed by atoms with Crippen LogP contribution >= 0.6 is 0 Å². The van der Waals surface area contributed by atoms with Crippen LogP contribution in [0, 0.1) is 5.92 Å². The highest BCUT2D eigenvalue weighted by molar-refractivity contribution is 5.77. The summed E-state index contributed by atoms with van der Waals surface area (Å²) in [6.45, 7) is 6.04. The standard InChI is InChI=1S/C13H27N3O/c1-2-4-12-5-3-9-16(10-6-12)11-13(17)15-8-7-14/h12H,2-11,14H2,1H3,(H,15,17). The van der Waals surface area contributed by atoms with Crippen molar-refractivity contribution in [3.05, 3.63) is 0 Å². The van der Waals surface area contributed by atoms with E-state index in [-0.39, 0.29) is 5.91 Å². The molecule has 4 heteroatoms. The highest BCUT2D eigenvalue weighted by atomic mass is 16.2. The Balaban J connectivity index is 2.23. The van der Waals surface area contributed by atoms with Crippen molar-refractivity contribution in [2.45, 2.75) is 39.0 Å². The molecule has 0 radical (unpaired) electrons. The van der Waals surface area contributed by atoms with Crippen LogP contribution in [0.5, 0.6) is 0 Å². The van der Waals surface area contributed by atoms with Gasteiger partial charge in [-0.15, -0.1) is 0 Å². The normalized spacial score (nSPS) is 22.1. The Morgan fingerprint density at radius 1 is 1.41 bits per heavy atom. The summed E-state index contributed by atoms with van der Waals surface area (Å²) in [5.74, 6) is 0.987. The van der Waals surface area contributed by atoms with Crippen LogP contribution in [0.2, 0.25) is 0 Å². The molecule has 1 atom stereocenters. The fourth-order valence-electron chi connectivity index (χ4n) is 2.55. The zero-order valence-electron chi connectivity index (χ0n) is 11.1. The Labute approximate surface area is 105 Å². The molecule has 0 aromatic rings. The molecule has 1 saturated heterocycles. The van der Waals surface area contributed by atoms with Gasteiger partial charge >= 0.3 is 0 Å². The second-order valence-corrected chi connectivity index (χ2v) is 5.00. The number of hydrogen-bond donors (Lipinski definition) is 2. The van der Waals surface area contributed by atoms with E-state index in [1.807, 2.05) is 0 Å². The second-order valence-electron chi connectivity index (χ2n) is 5.00. The third-order valence-corrected chi connectivity index (χ3v) is 3.47. The molecule has 1 heterocycles. The molecule has 4 nitrogen and oxygen atoms in total. The van der Waals surface area contributed by atoms with Crippen LogP contribution in [-0.4, -0.2) is 43.5 Å². The predicted molar refractivity (Wildman–Crippen MR) is 70.8 cm³/mol. The first-order valence-electron chi connectivity index (χ1n) is 6.95. The summed E-state index contributed by atoms with van der Waals surface area (Å²) in [6.07, 6.45) is 6.43. The third-order valence-electron chi connectivity index (χ3n) is 3.47. The largest absolute Gasteiger partial charge is 0.354 e. The fourth-order valence-corrected chi connectivity index (χ4v) is 2.55. The number of nitrogens with one attached hydrogen (secondary N) is 1. The van der Waals surface area contributed by atoms with Crippen molar-refractivity contribution in [3.63, 3.8) is 0 Å². The van der Waals surface area contributed by atoms with Crippen molar-refractivity contribution in [1.82, 2.24) is 10.2 Å². The van der Waals surface area contributed by atoms with Crippen molar-refractivity contribution < 1.29 is 4.79 Å². The number of nitrogens with two attached hydrogens (primary N) is 1. The molecule has 100 valence electrons. The van der Waals surface area contributed by atoms with Gasteiger partial charge in [-0.05, 0) is 38.3 Å². The molecule has 0 spiro atoms. The summed E-state index contributed by atoms with van der Waals surface area (Å²) in [7, 11) is 0. The number of amides is 1. The quantitative estimate of drug-likeness (QED) is 0.728. The predicted octanol–water partition coefficient (Wildman–Crippen LogP) is 0.964. The van der Waals surface area contributed by atoms with E-state index in [0.717, 1.165) is 19.0 Å². The highest BCUT2D eigenvalue weighted by Crippen LogP contribution is 2.21. The number of carbonyl (C=O) groups excluding carboxylic acids is 1. The lowest BCUT2D eigenvalue weighted by Gasteiger charge is -2.19. The lowest BCUT2D eigenvalue weighted by molar-refractivity contribution is -0.122. The molecule has 3 N–H and O–H groups in total. The Kier molecular flexibility index (Phi) is 7.21. The minimum Gasteiger partial charge on any atom is -0.354 e. The summed E-state index contributed by atoms with van der Waals surface area (Å²) in [4.78, 5) is 13.9. The molecule has 0 aliphatic carbocycles. The van der Waals surface area contributed by atoms with Gasteiger partial charge in [0.05, 0.1) is 6.54 Å². The lowest BCUT2D eigenvalue weighted by Crippen LogP contribution is -2.39. The summed E-state index contributed by atoms with van der Waals surface area (Å²) in [5, 5.41) is 2.83. The van der Waals surface area contributed by atoms with Gasteiger partial charge in [0.25, 0.3) is 0 Å². The van der Waals surface area contributed by atoms with Gasteiger partial charge in [0.2, 0.25) is 5.91 Å². The number of rotatable bonds is 6. The minimum absolute atomic E-state index is 0.115. The molecule has 0 aromatic carbocycles. The van der Waals surface area contributed by atoms with Crippen LogP contribution in [0.25, 0.3) is 0 Å². The molecule has 1 aliphatic rings. The molecule has 0 aromatic heterocycles. The maximum absolute atomic E-state index is 11.6. The van der Waals surface area contributed by atoms with Crippen LogP contribution in [0.4, 0.5) is 0 Å². The Hall–Kier alpha value is -0.610. The van der Waals surface area contributed by atoms with E-state index in [1.54, 1.807) is 0 Å². The van der Waals surface area contributed by atoms with Gasteiger partial charge in [0.15, 0.2) is 0 Å². The molecule has 1 aliphatic heterocycles. The SMILES string of the molecule is CCCC1CCCN(CC(=O)NCCN)CC1. The van der Waals surface area contributed by atoms with Gasteiger partial charge in [-0.3, -0.25) is 9.69 Å². The van der Waals surface area contributed by atoms with E-state index in [2.05, 4.69) is 17.1 Å². The molecular formula is C13H27N3O. The third kappa shape index (κ3) is 6.03. The number of nitrogens with zero attached hydrogens (tertiary/aromatic N) is 1. The molecule has 17 heavy (non-hydrogen) atoms. The number of carbonyl (C=O) groups is 1. The highest BCUT2D eigenvalue weighted by Gasteiger charge is 2.17. The molecule has 1 rings (SSSR count). The van der Waals surface area contributed by atoms with Crippen LogP contribution in [0.1, 0.15) is 39.0 Å². The van der Waals surface area contributed by atoms with Crippen molar-refractivity contribution in [2.75, 3.05) is 32.7 Å². The summed E-state index contributed by atoms with van der Waals surface area (Å²) in [6, 6.07) is 0. The van der Waals surface area contributed by atoms with Crippen molar-refractivity contribution >= 4 is 5.91 Å². The van der Waals surface area contributed by atoms with Crippen LogP contribution < -0.4 is 11.1 Å². The first kappa shape index (κ1) is 14.5. The van der Waals surface area contributed by atoms with Gasteiger partial charge in [-0.1, -0.05) is 19.8 Å². The topological polar surface area (TPSA) is 58.4 Å². The van der Waals surface area contributed by atoms with E-state index in [9.17, 15) is 4.79 Å². The number of hydrogen-bond acceptors (Lipinski definition) is 3. The van der Waals surface area contributed by atoms with E-state index in [1.165, 1.54) is 32.1 Å². The average Bonchev–Trinajstić information content (AvgIpc) is 2.53. The van der Waals surface area contributed by atoms with E-state index >= 15 is 0 Å². The maximum Gasteiger partial charge on any atom is 0.234 e. The van der Waals surface area contributed by atoms with Gasteiger partial charge in [-0.25, -0.2) is 0 Å². The van der Waals surface area contributed by atoms with Crippen molar-refractivity contribution in [3.8, 4) is 0 Å². The Morgan fingerprint density at radius 3 is 2.94 bits per heavy atom. The first-order valence-corrected chi connectivity index (χ1v) is 6.95. The van der Waals surface area contributed by atoms with E-state index in [4.69, 9.17) is 5.73 Å². The van der Waals surface area contributed by atoms with Gasteiger partial charge < -0.3 is 11.1 Å². The van der Waals surface area contributed by atoms with Crippen molar-refractivity contribution in [2.24, 2.45) is 11.7 Å². The molecule has 0 bridgehead atoms. The zero-order chi connectivity index (χ0) is 12.5. The van der Waals surface area contributed by atoms with Crippen LogP contribution in [0.15, 0.2) is 0 Å². The molecular weight excluding hydrogens is 214 g/mol. The molecule has 1 amide bonds. The molecule has 1 fully saturated rings. The van der Waals surface area contributed by atoms with E-state index in [0.29, 0.717) is 19.6 Å². The van der Waals surface area contributed by atoms with Crippen LogP contribution in [-0.2, 0) is 4.79 Å². The Bertz CT molecular complexity index is 221. The second kappa shape index (κ2) is 8.48. The zero-order valence-corrected chi connectivity index (χ0v) is 11.1. The summed E-state index contributed by atoms with van der Waals surface area (Å²) < 4.78 is 0. The van der Waals surface area contributed by atoms with E-state index < -0.39 is 0 Å². The average molecular weight is 241 g/mol. The van der Waals surface area contributed by atoms with Crippen molar-refractivity contribution in [1.29, 1.82) is 0 Å². The minimum atomic E-state index is 0.115. The van der Waals surface area contributed by atoms with Gasteiger partial charge in [0, 0.05) is 13.1 Å². The monoisotopic (exact) mass is 241 g/mol. The maximum atomic E-state index is 11.6. The molecule has 0 saturated carbocycles. The summed E-state index contributed by atoms with van der Waals surface area (Å²) >= 11 is 0. The summed E-state index contributed by atoms with van der Waals surface area (Å²) in [5.41, 5.74) is 5.36. The van der Waals surface area contributed by atoms with Crippen LogP contribution in [0.3, 0.4) is 0 Å². The lowest BCUT2D eigenvalue weighted by atomic mass is 9.96. The number of likely N-dealkylation sites (tertiary alicyclic amines) is 1. The first-order chi connectivity index (χ1) is 8.26. The fraction of sp³-hybridized carbons (Fsp3) is 0.923. The Morgan fingerprint density at radius 2 is 2.24 bits per heavy atom. The molecule has 1 unspecified atom stereocenters.